The number of anilines is 1. The van der Waals surface area contributed by atoms with Crippen molar-refractivity contribution in [3.63, 3.8) is 0 Å². The van der Waals surface area contributed by atoms with E-state index in [1.54, 1.807) is 12.1 Å². The molecule has 0 saturated carbocycles. The van der Waals surface area contributed by atoms with E-state index in [4.69, 9.17) is 9.93 Å². The van der Waals surface area contributed by atoms with Crippen molar-refractivity contribution >= 4 is 11.8 Å². The molecule has 0 aliphatic carbocycles. The van der Waals surface area contributed by atoms with Gasteiger partial charge in [0.05, 0.1) is 5.69 Å². The fourth-order valence-corrected chi connectivity index (χ4v) is 4.06. The summed E-state index contributed by atoms with van der Waals surface area (Å²) in [4.78, 5) is 2.43. The van der Waals surface area contributed by atoms with Crippen molar-refractivity contribution in [1.82, 2.24) is 15.4 Å². The Balaban J connectivity index is 1.30. The molecule has 1 fully saturated rings. The van der Waals surface area contributed by atoms with Gasteiger partial charge in [-0.1, -0.05) is 61.0 Å². The Kier molecular flexibility index (Phi) is 7.17. The van der Waals surface area contributed by atoms with Gasteiger partial charge < -0.3 is 14.7 Å². The first kappa shape index (κ1) is 22.0. The number of likely N-dealkylation sites (tertiary alicyclic amines) is 1. The summed E-state index contributed by atoms with van der Waals surface area (Å²) in [6.45, 7) is 5.99. The zero-order valence-electron chi connectivity index (χ0n) is 18.4. The maximum atomic E-state index is 14.0. The highest BCUT2D eigenvalue weighted by molar-refractivity contribution is 5.89. The zero-order valence-corrected chi connectivity index (χ0v) is 18.4. The van der Waals surface area contributed by atoms with Gasteiger partial charge in [0.15, 0.2) is 5.96 Å². The van der Waals surface area contributed by atoms with E-state index in [1.807, 2.05) is 43.3 Å². The molecule has 3 aromatic rings. The van der Waals surface area contributed by atoms with Crippen LogP contribution < -0.4 is 10.6 Å². The van der Waals surface area contributed by atoms with Gasteiger partial charge in [0, 0.05) is 30.6 Å². The van der Waals surface area contributed by atoms with Crippen molar-refractivity contribution in [2.75, 3.05) is 31.5 Å². The van der Waals surface area contributed by atoms with Crippen LogP contribution in [0.15, 0.2) is 59.1 Å². The molecule has 4 rings (SSSR count). The Labute approximate surface area is 188 Å². The highest BCUT2D eigenvalue weighted by atomic mass is 19.1. The highest BCUT2D eigenvalue weighted by Crippen LogP contribution is 2.28. The molecule has 1 saturated heterocycles. The Morgan fingerprint density at radius 2 is 1.88 bits per heavy atom. The minimum absolute atomic E-state index is 0.00483. The molecule has 2 aromatic carbocycles. The van der Waals surface area contributed by atoms with Crippen molar-refractivity contribution in [2.24, 2.45) is 0 Å². The van der Waals surface area contributed by atoms with Crippen molar-refractivity contribution < 1.29 is 8.91 Å². The Morgan fingerprint density at radius 1 is 1.12 bits per heavy atom. The monoisotopic (exact) mass is 435 g/mol. The molecule has 0 spiro atoms. The van der Waals surface area contributed by atoms with Crippen LogP contribution in [0.25, 0.3) is 11.1 Å². The Hall–Kier alpha value is -3.19. The molecule has 0 radical (unpaired) electrons. The second kappa shape index (κ2) is 10.4. The third-order valence-electron chi connectivity index (χ3n) is 5.99. The number of nitrogens with zero attached hydrogens (tertiary/aromatic N) is 2. The predicted molar refractivity (Wildman–Crippen MR) is 125 cm³/mol. The summed E-state index contributed by atoms with van der Waals surface area (Å²) < 4.78 is 19.4. The summed E-state index contributed by atoms with van der Waals surface area (Å²) in [6, 6.07) is 16.4. The van der Waals surface area contributed by atoms with Crippen LogP contribution in [0.2, 0.25) is 0 Å². The number of halogens is 1. The number of aromatic nitrogens is 1. The Bertz CT molecular complexity index is 1030. The van der Waals surface area contributed by atoms with E-state index in [-0.39, 0.29) is 17.7 Å². The summed E-state index contributed by atoms with van der Waals surface area (Å²) in [5.74, 6) is 0.412. The highest BCUT2D eigenvalue weighted by Gasteiger charge is 2.15. The van der Waals surface area contributed by atoms with Gasteiger partial charge in [0.1, 0.15) is 5.82 Å². The molecule has 1 aliphatic rings. The van der Waals surface area contributed by atoms with Gasteiger partial charge in [-0.2, -0.15) is 0 Å². The van der Waals surface area contributed by atoms with Crippen LogP contribution in [-0.2, 0) is 0 Å². The fraction of sp³-hybridized carbons (Fsp3) is 0.360. The van der Waals surface area contributed by atoms with Gasteiger partial charge in [-0.3, -0.25) is 10.7 Å². The van der Waals surface area contributed by atoms with Crippen LogP contribution in [0.3, 0.4) is 0 Å². The molecule has 1 unspecified atom stereocenters. The lowest BCUT2D eigenvalue weighted by Gasteiger charge is -2.26. The van der Waals surface area contributed by atoms with Crippen LogP contribution >= 0.6 is 0 Å². The van der Waals surface area contributed by atoms with E-state index in [0.717, 1.165) is 43.0 Å². The average Bonchev–Trinajstić information content (AvgIpc) is 3.28. The maximum Gasteiger partial charge on any atom is 0.231 e. The molecule has 6 nitrogen and oxygen atoms in total. The number of benzene rings is 2. The standard InChI is InChI=1S/C25H30FN5O/c1-18(19-9-11-20(12-10-19)21-7-3-4-8-22(21)26)23-17-24(32-30-23)29-25(27)28-13-16-31-14-5-2-6-15-31/h3-4,7-12,17-18H,2,5-6,13-16H2,1H3,(H3,27,28,29). The van der Waals surface area contributed by atoms with Crippen molar-refractivity contribution in [2.45, 2.75) is 32.1 Å². The molecular formula is C25H30FN5O. The number of guanidine groups is 1. The molecule has 1 aromatic heterocycles. The van der Waals surface area contributed by atoms with Crippen LogP contribution in [0.4, 0.5) is 10.3 Å². The zero-order chi connectivity index (χ0) is 22.3. The van der Waals surface area contributed by atoms with Crippen LogP contribution in [-0.4, -0.2) is 42.2 Å². The van der Waals surface area contributed by atoms with Gasteiger partial charge >= 0.3 is 0 Å². The quantitative estimate of drug-likeness (QED) is 0.357. The molecule has 3 N–H and O–H groups in total. The first-order valence-corrected chi connectivity index (χ1v) is 11.2. The maximum absolute atomic E-state index is 14.0. The van der Waals surface area contributed by atoms with E-state index < -0.39 is 0 Å². The van der Waals surface area contributed by atoms with Gasteiger partial charge in [-0.25, -0.2) is 4.39 Å². The van der Waals surface area contributed by atoms with Gasteiger partial charge in [0.25, 0.3) is 0 Å². The van der Waals surface area contributed by atoms with E-state index in [0.29, 0.717) is 11.4 Å². The predicted octanol–water partition coefficient (Wildman–Crippen LogP) is 5.05. The van der Waals surface area contributed by atoms with E-state index >= 15 is 0 Å². The van der Waals surface area contributed by atoms with Gasteiger partial charge in [-0.15, -0.1) is 0 Å². The Morgan fingerprint density at radius 3 is 2.62 bits per heavy atom. The first-order chi connectivity index (χ1) is 15.6. The number of hydrogen-bond acceptors (Lipinski definition) is 4. The van der Waals surface area contributed by atoms with E-state index in [2.05, 4.69) is 20.7 Å². The largest absolute Gasteiger partial charge is 0.355 e. The SMILES string of the molecule is CC(c1ccc(-c2ccccc2F)cc1)c1cc(NC(=N)NCCN2CCCCC2)on1. The lowest BCUT2D eigenvalue weighted by atomic mass is 9.95. The molecular weight excluding hydrogens is 405 g/mol. The lowest BCUT2D eigenvalue weighted by Crippen LogP contribution is -2.39. The second-order valence-corrected chi connectivity index (χ2v) is 8.27. The number of rotatable bonds is 7. The minimum atomic E-state index is -0.229. The molecule has 1 atom stereocenters. The summed E-state index contributed by atoms with van der Waals surface area (Å²) in [5.41, 5.74) is 3.25. The number of hydrogen-bond donors (Lipinski definition) is 3. The molecule has 1 aliphatic heterocycles. The molecule has 7 heteroatoms. The van der Waals surface area contributed by atoms with Crippen molar-refractivity contribution in [1.29, 1.82) is 5.41 Å². The van der Waals surface area contributed by atoms with Crippen molar-refractivity contribution in [3.05, 3.63) is 71.7 Å². The van der Waals surface area contributed by atoms with E-state index in [1.165, 1.54) is 25.3 Å². The molecule has 0 bridgehead atoms. The summed E-state index contributed by atoms with van der Waals surface area (Å²) in [6.07, 6.45) is 3.85. The van der Waals surface area contributed by atoms with Crippen LogP contribution in [0.5, 0.6) is 0 Å². The molecule has 0 amide bonds. The summed E-state index contributed by atoms with van der Waals surface area (Å²) >= 11 is 0. The fourth-order valence-electron chi connectivity index (χ4n) is 4.06. The molecule has 168 valence electrons. The lowest BCUT2D eigenvalue weighted by molar-refractivity contribution is 0.232. The first-order valence-electron chi connectivity index (χ1n) is 11.2. The summed E-state index contributed by atoms with van der Waals surface area (Å²) in [7, 11) is 0. The third-order valence-corrected chi connectivity index (χ3v) is 5.99. The molecule has 2 heterocycles. The number of nitrogens with one attached hydrogen (secondary N) is 3. The van der Waals surface area contributed by atoms with Crippen molar-refractivity contribution in [3.8, 4) is 11.1 Å². The summed E-state index contributed by atoms with van der Waals surface area (Å²) in [5, 5.41) is 18.3. The average molecular weight is 436 g/mol. The van der Waals surface area contributed by atoms with Gasteiger partial charge in [0.2, 0.25) is 5.88 Å². The minimum Gasteiger partial charge on any atom is -0.355 e. The van der Waals surface area contributed by atoms with E-state index in [9.17, 15) is 4.39 Å². The van der Waals surface area contributed by atoms with Crippen LogP contribution in [0.1, 0.15) is 43.4 Å². The van der Waals surface area contributed by atoms with Gasteiger partial charge in [-0.05, 0) is 43.1 Å². The molecule has 32 heavy (non-hydrogen) atoms. The topological polar surface area (TPSA) is 77.2 Å². The smallest absolute Gasteiger partial charge is 0.231 e. The number of piperidine rings is 1. The third kappa shape index (κ3) is 5.53. The second-order valence-electron chi connectivity index (χ2n) is 8.27. The van der Waals surface area contributed by atoms with Crippen LogP contribution in [0, 0.1) is 11.2 Å². The normalized spacial score (nSPS) is 15.3.